The standard InChI is InChI=1S/C21H41BrOSi/c1-6-24(7-2,8-3)23-20-12-9-15-21(5)18(13-14-19(20)21)17(4)11-10-16-22/h17-20H,6-16H2,1-5H3/t17?,18-,19?,20+,21-/m1/s1. The van der Waals surface area contributed by atoms with Gasteiger partial charge in [0.15, 0.2) is 8.32 Å². The Kier molecular flexibility index (Phi) is 7.89. The van der Waals surface area contributed by atoms with Crippen LogP contribution in [0.4, 0.5) is 0 Å². The Hall–Kier alpha value is 0.657. The first kappa shape index (κ1) is 21.0. The third kappa shape index (κ3) is 4.14. The highest BCUT2D eigenvalue weighted by atomic mass is 79.9. The molecule has 5 atom stereocenters. The zero-order valence-corrected chi connectivity index (χ0v) is 19.5. The lowest BCUT2D eigenvalue weighted by atomic mass is 9.61. The Bertz CT molecular complexity index is 376. The second-order valence-corrected chi connectivity index (χ2v) is 14.4. The van der Waals surface area contributed by atoms with E-state index in [2.05, 4.69) is 50.5 Å². The van der Waals surface area contributed by atoms with Gasteiger partial charge in [0, 0.05) is 11.4 Å². The molecule has 0 bridgehead atoms. The summed E-state index contributed by atoms with van der Waals surface area (Å²) >= 11 is 3.62. The summed E-state index contributed by atoms with van der Waals surface area (Å²) in [7, 11) is -1.47. The monoisotopic (exact) mass is 416 g/mol. The predicted octanol–water partition coefficient (Wildman–Crippen LogP) is 7.40. The van der Waals surface area contributed by atoms with Gasteiger partial charge in [-0.1, -0.05) is 57.0 Å². The van der Waals surface area contributed by atoms with Crippen molar-refractivity contribution in [3.63, 3.8) is 0 Å². The maximum atomic E-state index is 7.05. The lowest BCUT2D eigenvalue weighted by molar-refractivity contribution is -0.0201. The van der Waals surface area contributed by atoms with Gasteiger partial charge in [-0.2, -0.15) is 0 Å². The maximum absolute atomic E-state index is 7.05. The molecule has 0 spiro atoms. The van der Waals surface area contributed by atoms with E-state index in [-0.39, 0.29) is 0 Å². The highest BCUT2D eigenvalue weighted by Gasteiger charge is 2.53. The number of alkyl halides is 1. The van der Waals surface area contributed by atoms with E-state index in [1.54, 1.807) is 0 Å². The van der Waals surface area contributed by atoms with Crippen LogP contribution >= 0.6 is 15.9 Å². The lowest BCUT2D eigenvalue weighted by Crippen LogP contribution is -2.48. The molecular weight excluding hydrogens is 376 g/mol. The van der Waals surface area contributed by atoms with E-state index in [0.717, 1.165) is 23.1 Å². The molecule has 0 aromatic rings. The van der Waals surface area contributed by atoms with Gasteiger partial charge in [-0.25, -0.2) is 0 Å². The molecule has 0 amide bonds. The van der Waals surface area contributed by atoms with Crippen LogP contribution in [-0.4, -0.2) is 19.8 Å². The topological polar surface area (TPSA) is 9.23 Å². The van der Waals surface area contributed by atoms with Crippen LogP contribution in [0.25, 0.3) is 0 Å². The minimum atomic E-state index is -1.47. The summed E-state index contributed by atoms with van der Waals surface area (Å²) in [5, 5.41) is 1.16. The van der Waals surface area contributed by atoms with Gasteiger partial charge < -0.3 is 4.43 Å². The molecule has 0 aliphatic heterocycles. The minimum absolute atomic E-state index is 0.546. The van der Waals surface area contributed by atoms with E-state index in [1.807, 2.05) is 0 Å². The fourth-order valence-electron chi connectivity index (χ4n) is 6.16. The molecule has 142 valence electrons. The van der Waals surface area contributed by atoms with Gasteiger partial charge in [0.05, 0.1) is 0 Å². The Balaban J connectivity index is 2.11. The lowest BCUT2D eigenvalue weighted by Gasteiger charge is -2.49. The molecule has 0 aromatic carbocycles. The average molecular weight is 418 g/mol. The molecule has 3 heteroatoms. The Morgan fingerprint density at radius 3 is 2.38 bits per heavy atom. The summed E-state index contributed by atoms with van der Waals surface area (Å²) in [6.45, 7) is 12.3. The largest absolute Gasteiger partial charge is 0.414 e. The highest BCUT2D eigenvalue weighted by molar-refractivity contribution is 9.09. The molecule has 0 aromatic heterocycles. The number of fused-ring (bicyclic) bond motifs is 1. The number of hydrogen-bond acceptors (Lipinski definition) is 1. The van der Waals surface area contributed by atoms with E-state index in [0.29, 0.717) is 11.5 Å². The van der Waals surface area contributed by atoms with Crippen molar-refractivity contribution in [2.75, 3.05) is 5.33 Å². The van der Waals surface area contributed by atoms with Crippen LogP contribution in [0.5, 0.6) is 0 Å². The molecule has 0 N–H and O–H groups in total. The Morgan fingerprint density at radius 2 is 1.79 bits per heavy atom. The number of hydrogen-bond donors (Lipinski definition) is 0. The van der Waals surface area contributed by atoms with E-state index >= 15 is 0 Å². The average Bonchev–Trinajstić information content (AvgIpc) is 2.95. The smallest absolute Gasteiger partial charge is 0.192 e. The zero-order valence-electron chi connectivity index (χ0n) is 16.9. The fourth-order valence-corrected chi connectivity index (χ4v) is 9.41. The van der Waals surface area contributed by atoms with Gasteiger partial charge in [-0.15, -0.1) is 0 Å². The van der Waals surface area contributed by atoms with Crippen molar-refractivity contribution in [3.05, 3.63) is 0 Å². The van der Waals surface area contributed by atoms with Gasteiger partial charge in [0.2, 0.25) is 0 Å². The molecule has 2 aliphatic carbocycles. The summed E-state index contributed by atoms with van der Waals surface area (Å²) in [4.78, 5) is 0. The summed E-state index contributed by atoms with van der Waals surface area (Å²) < 4.78 is 7.05. The zero-order chi connectivity index (χ0) is 17.8. The van der Waals surface area contributed by atoms with Gasteiger partial charge in [0.25, 0.3) is 0 Å². The number of halogens is 1. The van der Waals surface area contributed by atoms with Crippen molar-refractivity contribution in [1.82, 2.24) is 0 Å². The van der Waals surface area contributed by atoms with Gasteiger partial charge >= 0.3 is 0 Å². The fraction of sp³-hybridized carbons (Fsp3) is 1.00. The van der Waals surface area contributed by atoms with Crippen LogP contribution in [-0.2, 0) is 4.43 Å². The number of rotatable bonds is 9. The summed E-state index contributed by atoms with van der Waals surface area (Å²) in [5.74, 6) is 2.63. The molecule has 2 unspecified atom stereocenters. The van der Waals surface area contributed by atoms with E-state index in [4.69, 9.17) is 4.43 Å². The summed E-state index contributed by atoms with van der Waals surface area (Å²) in [5.41, 5.74) is 0.546. The normalized spacial score (nSPS) is 35.0. The van der Waals surface area contributed by atoms with Gasteiger partial charge in [-0.05, 0) is 79.8 Å². The van der Waals surface area contributed by atoms with Crippen molar-refractivity contribution in [1.29, 1.82) is 0 Å². The van der Waals surface area contributed by atoms with E-state index < -0.39 is 8.32 Å². The molecule has 1 nitrogen and oxygen atoms in total. The predicted molar refractivity (Wildman–Crippen MR) is 112 cm³/mol. The van der Waals surface area contributed by atoms with Crippen LogP contribution in [0.2, 0.25) is 18.1 Å². The first-order valence-electron chi connectivity index (χ1n) is 10.7. The molecule has 2 fully saturated rings. The van der Waals surface area contributed by atoms with Crippen molar-refractivity contribution in [2.24, 2.45) is 23.2 Å². The quantitative estimate of drug-likeness (QED) is 0.280. The van der Waals surface area contributed by atoms with Gasteiger partial charge in [-0.3, -0.25) is 0 Å². The van der Waals surface area contributed by atoms with Crippen molar-refractivity contribution >= 4 is 24.2 Å². The second-order valence-electron chi connectivity index (χ2n) is 8.90. The third-order valence-corrected chi connectivity index (χ3v) is 13.2. The van der Waals surface area contributed by atoms with Crippen LogP contribution in [0.3, 0.4) is 0 Å². The SMILES string of the molecule is CC[Si](CC)(CC)O[C@H]1CCC[C@@]2(C)C1CC[C@@H]2C(C)CCCBr. The third-order valence-electron chi connectivity index (χ3n) is 7.95. The van der Waals surface area contributed by atoms with E-state index in [9.17, 15) is 0 Å². The van der Waals surface area contributed by atoms with Crippen LogP contribution in [0.15, 0.2) is 0 Å². The van der Waals surface area contributed by atoms with Crippen molar-refractivity contribution < 1.29 is 4.43 Å². The highest BCUT2D eigenvalue weighted by Crippen LogP contribution is 2.59. The molecule has 2 saturated carbocycles. The molecule has 0 heterocycles. The first-order valence-corrected chi connectivity index (χ1v) is 14.3. The van der Waals surface area contributed by atoms with Crippen molar-refractivity contribution in [3.8, 4) is 0 Å². The Labute approximate surface area is 161 Å². The molecule has 2 rings (SSSR count). The van der Waals surface area contributed by atoms with E-state index in [1.165, 1.54) is 63.1 Å². The summed E-state index contributed by atoms with van der Waals surface area (Å²) in [6, 6.07) is 3.89. The van der Waals surface area contributed by atoms with Crippen molar-refractivity contribution in [2.45, 2.75) is 104 Å². The van der Waals surface area contributed by atoms with Gasteiger partial charge in [0.1, 0.15) is 0 Å². The molecule has 24 heavy (non-hydrogen) atoms. The minimum Gasteiger partial charge on any atom is -0.414 e. The second kappa shape index (κ2) is 9.04. The molecular formula is C21H41BrOSi. The van der Waals surface area contributed by atoms with Crippen LogP contribution in [0, 0.1) is 23.2 Å². The first-order chi connectivity index (χ1) is 11.5. The molecule has 0 saturated heterocycles. The molecule has 2 aliphatic rings. The van der Waals surface area contributed by atoms with Crippen LogP contribution < -0.4 is 0 Å². The maximum Gasteiger partial charge on any atom is 0.192 e. The summed E-state index contributed by atoms with van der Waals surface area (Å²) in [6.07, 6.45) is 10.3. The van der Waals surface area contributed by atoms with Crippen LogP contribution in [0.1, 0.15) is 79.6 Å². The Morgan fingerprint density at radius 1 is 1.12 bits per heavy atom. The molecule has 0 radical (unpaired) electrons.